The zero-order valence-electron chi connectivity index (χ0n) is 9.09. The van der Waals surface area contributed by atoms with Crippen LogP contribution in [0.3, 0.4) is 0 Å². The monoisotopic (exact) mass is 397 g/mol. The van der Waals surface area contributed by atoms with Gasteiger partial charge in [0.1, 0.15) is 11.6 Å². The fraction of sp³-hybridized carbons (Fsp3) is 0.300. The number of nitrogens with zero attached hydrogens (tertiary/aromatic N) is 3. The largest absolute Gasteiger partial charge is 0.401 e. The molecule has 0 saturated heterocycles. The third-order valence-corrected chi connectivity index (χ3v) is 2.23. The number of rotatable bonds is 2. The summed E-state index contributed by atoms with van der Waals surface area (Å²) < 4.78 is 13.0. The molecule has 0 bridgehead atoms. The minimum Gasteiger partial charge on any atom is -0.401 e. The fourth-order valence-corrected chi connectivity index (χ4v) is 1.35. The van der Waals surface area contributed by atoms with Crippen LogP contribution in [0.15, 0.2) is 30.7 Å². The van der Waals surface area contributed by atoms with Crippen LogP contribution in [0, 0.1) is 5.82 Å². The SMILES string of the molecule is CC(C)N1[B]N(c2cc(F)ccn2)C=C1.[Ir]. The van der Waals surface area contributed by atoms with Crippen LogP contribution in [0.5, 0.6) is 0 Å². The van der Waals surface area contributed by atoms with E-state index in [0.717, 1.165) is 0 Å². The summed E-state index contributed by atoms with van der Waals surface area (Å²) in [5.41, 5.74) is 0. The van der Waals surface area contributed by atoms with Gasteiger partial charge in [-0.25, -0.2) is 9.37 Å². The molecule has 6 heteroatoms. The van der Waals surface area contributed by atoms with Crippen LogP contribution in [-0.2, 0) is 20.1 Å². The smallest absolute Gasteiger partial charge is 0.396 e. The minimum atomic E-state index is -0.273. The molecule has 86 valence electrons. The summed E-state index contributed by atoms with van der Waals surface area (Å²) in [5.74, 6) is 0.319. The second-order valence-electron chi connectivity index (χ2n) is 3.69. The van der Waals surface area contributed by atoms with Crippen molar-refractivity contribution in [1.29, 1.82) is 0 Å². The molecule has 0 saturated carbocycles. The molecule has 0 atom stereocenters. The molecule has 0 spiro atoms. The first-order valence-electron chi connectivity index (χ1n) is 4.87. The molecule has 0 aromatic carbocycles. The zero-order valence-corrected chi connectivity index (χ0v) is 11.5. The molecule has 16 heavy (non-hydrogen) atoms. The van der Waals surface area contributed by atoms with E-state index in [1.54, 1.807) is 4.81 Å². The summed E-state index contributed by atoms with van der Waals surface area (Å²) >= 11 is 0. The predicted octanol–water partition coefficient (Wildman–Crippen LogP) is 1.75. The molecular formula is C10H12BFIrN3. The summed E-state index contributed by atoms with van der Waals surface area (Å²) in [4.78, 5) is 7.92. The maximum absolute atomic E-state index is 13.0. The molecule has 1 aliphatic heterocycles. The van der Waals surface area contributed by atoms with Crippen molar-refractivity contribution in [1.82, 2.24) is 9.79 Å². The predicted molar refractivity (Wildman–Crippen MR) is 58.5 cm³/mol. The van der Waals surface area contributed by atoms with E-state index in [9.17, 15) is 4.39 Å². The minimum absolute atomic E-state index is 0. The van der Waals surface area contributed by atoms with Crippen molar-refractivity contribution >= 4 is 13.4 Å². The van der Waals surface area contributed by atoms with Crippen LogP contribution < -0.4 is 4.81 Å². The molecule has 1 aromatic rings. The molecular weight excluding hydrogens is 384 g/mol. The van der Waals surface area contributed by atoms with E-state index in [1.165, 1.54) is 18.3 Å². The molecule has 1 aromatic heterocycles. The fourth-order valence-electron chi connectivity index (χ4n) is 1.35. The van der Waals surface area contributed by atoms with Gasteiger partial charge < -0.3 is 9.62 Å². The van der Waals surface area contributed by atoms with Crippen molar-refractivity contribution in [3.63, 3.8) is 0 Å². The van der Waals surface area contributed by atoms with Crippen LogP contribution in [0.1, 0.15) is 13.8 Å². The number of anilines is 1. The molecule has 0 aliphatic carbocycles. The Labute approximate surface area is 109 Å². The van der Waals surface area contributed by atoms with E-state index in [1.807, 2.05) is 24.8 Å². The van der Waals surface area contributed by atoms with Gasteiger partial charge in [-0.15, -0.1) is 0 Å². The van der Waals surface area contributed by atoms with Crippen LogP contribution in [0.25, 0.3) is 0 Å². The second-order valence-corrected chi connectivity index (χ2v) is 3.69. The van der Waals surface area contributed by atoms with Crippen molar-refractivity contribution in [2.24, 2.45) is 0 Å². The number of hydrogen-bond acceptors (Lipinski definition) is 3. The summed E-state index contributed by atoms with van der Waals surface area (Å²) in [6.45, 7) is 4.17. The van der Waals surface area contributed by atoms with E-state index in [0.29, 0.717) is 11.9 Å². The summed E-state index contributed by atoms with van der Waals surface area (Å²) in [6.07, 6.45) is 5.27. The van der Waals surface area contributed by atoms with Gasteiger partial charge in [0.2, 0.25) is 0 Å². The third-order valence-electron chi connectivity index (χ3n) is 2.23. The molecule has 2 radical (unpaired) electrons. The van der Waals surface area contributed by atoms with Gasteiger partial charge in [-0.1, -0.05) is 0 Å². The van der Waals surface area contributed by atoms with Crippen molar-refractivity contribution in [3.05, 3.63) is 36.5 Å². The number of pyridine rings is 1. The standard InChI is InChI=1S/C10H12BFN3.Ir/c1-8(2)14-5-6-15(11-14)10-7-9(12)3-4-13-10;/h3-8H,1-2H3;. The van der Waals surface area contributed by atoms with E-state index < -0.39 is 0 Å². The van der Waals surface area contributed by atoms with Gasteiger partial charge in [0.05, 0.1) is 0 Å². The Morgan fingerprint density at radius 2 is 2.12 bits per heavy atom. The van der Waals surface area contributed by atoms with Gasteiger partial charge >= 0.3 is 7.55 Å². The number of halogens is 1. The average molecular weight is 396 g/mol. The summed E-state index contributed by atoms with van der Waals surface area (Å²) in [7, 11) is 1.90. The number of aromatic nitrogens is 1. The maximum atomic E-state index is 13.0. The second kappa shape index (κ2) is 5.46. The molecule has 0 unspecified atom stereocenters. The average Bonchev–Trinajstić information content (AvgIpc) is 2.66. The van der Waals surface area contributed by atoms with Crippen molar-refractivity contribution in [2.45, 2.75) is 19.9 Å². The van der Waals surface area contributed by atoms with Crippen LogP contribution in [-0.4, -0.2) is 23.4 Å². The Morgan fingerprint density at radius 1 is 1.38 bits per heavy atom. The molecule has 2 heterocycles. The maximum Gasteiger partial charge on any atom is 0.396 e. The van der Waals surface area contributed by atoms with Crippen molar-refractivity contribution < 1.29 is 24.5 Å². The van der Waals surface area contributed by atoms with E-state index in [4.69, 9.17) is 0 Å². The molecule has 3 nitrogen and oxygen atoms in total. The van der Waals surface area contributed by atoms with E-state index in [-0.39, 0.29) is 25.9 Å². The normalized spacial score (nSPS) is 14.0. The summed E-state index contributed by atoms with van der Waals surface area (Å²) in [5, 5.41) is 0. The Balaban J connectivity index is 0.00000128. The van der Waals surface area contributed by atoms with Gasteiger partial charge in [0, 0.05) is 50.8 Å². The Kier molecular flexibility index (Phi) is 4.50. The van der Waals surface area contributed by atoms with Crippen molar-refractivity contribution in [2.75, 3.05) is 4.81 Å². The van der Waals surface area contributed by atoms with Gasteiger partial charge in [-0.05, 0) is 19.9 Å². The molecule has 2 rings (SSSR count). The number of hydrogen-bond donors (Lipinski definition) is 0. The topological polar surface area (TPSA) is 19.4 Å². The Bertz CT molecular complexity index is 386. The quantitative estimate of drug-likeness (QED) is 0.711. The van der Waals surface area contributed by atoms with Crippen LogP contribution in [0.2, 0.25) is 0 Å². The van der Waals surface area contributed by atoms with Gasteiger partial charge in [-0.2, -0.15) is 0 Å². The van der Waals surface area contributed by atoms with E-state index >= 15 is 0 Å². The first-order valence-corrected chi connectivity index (χ1v) is 4.87. The molecule has 0 fully saturated rings. The first-order chi connectivity index (χ1) is 7.16. The van der Waals surface area contributed by atoms with Crippen LogP contribution in [0.4, 0.5) is 10.2 Å². The van der Waals surface area contributed by atoms with Gasteiger partial charge in [-0.3, -0.25) is 0 Å². The molecule has 1 aliphatic rings. The summed E-state index contributed by atoms with van der Waals surface area (Å²) in [6, 6.07) is 3.13. The van der Waals surface area contributed by atoms with Gasteiger partial charge in [0.25, 0.3) is 0 Å². The Hall–Kier alpha value is -0.866. The molecule has 0 N–H and O–H groups in total. The zero-order chi connectivity index (χ0) is 10.8. The van der Waals surface area contributed by atoms with E-state index in [2.05, 4.69) is 18.8 Å². The molecule has 0 amide bonds. The van der Waals surface area contributed by atoms with Crippen molar-refractivity contribution in [3.8, 4) is 0 Å². The Morgan fingerprint density at radius 3 is 2.69 bits per heavy atom. The van der Waals surface area contributed by atoms with Crippen LogP contribution >= 0.6 is 0 Å². The third kappa shape index (κ3) is 2.83. The van der Waals surface area contributed by atoms with Gasteiger partial charge in [0.15, 0.2) is 0 Å². The first kappa shape index (κ1) is 13.2.